The molecule has 6 nitrogen and oxygen atoms in total. The lowest BCUT2D eigenvalue weighted by atomic mass is 9.90. The van der Waals surface area contributed by atoms with Gasteiger partial charge in [0.05, 0.1) is 6.54 Å². The van der Waals surface area contributed by atoms with Crippen LogP contribution in [0.2, 0.25) is 0 Å². The molecule has 6 heteroatoms. The molecule has 2 rings (SSSR count). The molecule has 112 valence electrons. The SMILES string of the molecule is CCN(CCn1cccn1)C(=O)C1(O)CCN(C)CC1. The number of likely N-dealkylation sites (tertiary alicyclic amines) is 1. The third kappa shape index (κ3) is 3.37. The lowest BCUT2D eigenvalue weighted by Crippen LogP contribution is -2.54. The average molecular weight is 280 g/mol. The van der Waals surface area contributed by atoms with Crippen molar-refractivity contribution in [3.05, 3.63) is 18.5 Å². The molecule has 0 aromatic carbocycles. The predicted octanol–water partition coefficient (Wildman–Crippen LogP) is 0.188. The minimum absolute atomic E-state index is 0.139. The van der Waals surface area contributed by atoms with Crippen LogP contribution in [-0.4, -0.2) is 69.4 Å². The Morgan fingerprint density at radius 3 is 2.70 bits per heavy atom. The van der Waals surface area contributed by atoms with Crippen molar-refractivity contribution in [3.63, 3.8) is 0 Å². The number of likely N-dealkylation sites (N-methyl/N-ethyl adjacent to an activating group) is 1. The summed E-state index contributed by atoms with van der Waals surface area (Å²) in [6, 6.07) is 1.86. The smallest absolute Gasteiger partial charge is 0.254 e. The maximum absolute atomic E-state index is 12.5. The molecule has 0 atom stereocenters. The molecule has 1 saturated heterocycles. The maximum atomic E-state index is 12.5. The molecule has 1 aromatic rings. The Morgan fingerprint density at radius 1 is 1.45 bits per heavy atom. The highest BCUT2D eigenvalue weighted by atomic mass is 16.3. The van der Waals surface area contributed by atoms with Crippen LogP contribution in [0.5, 0.6) is 0 Å². The summed E-state index contributed by atoms with van der Waals surface area (Å²) < 4.78 is 1.80. The second kappa shape index (κ2) is 6.37. The minimum atomic E-state index is -1.19. The molecule has 1 aliphatic rings. The van der Waals surface area contributed by atoms with Crippen LogP contribution in [0.15, 0.2) is 18.5 Å². The normalized spacial score (nSPS) is 18.9. The number of amides is 1. The Labute approximate surface area is 120 Å². The Kier molecular flexibility index (Phi) is 4.77. The topological polar surface area (TPSA) is 61.6 Å². The summed E-state index contributed by atoms with van der Waals surface area (Å²) >= 11 is 0. The molecule has 20 heavy (non-hydrogen) atoms. The zero-order valence-electron chi connectivity index (χ0n) is 12.3. The summed E-state index contributed by atoms with van der Waals surface area (Å²) in [6.45, 7) is 5.31. The predicted molar refractivity (Wildman–Crippen MR) is 76.2 cm³/mol. The molecular weight excluding hydrogens is 256 g/mol. The van der Waals surface area contributed by atoms with Crippen LogP contribution in [0, 0.1) is 0 Å². The quantitative estimate of drug-likeness (QED) is 0.836. The second-order valence-corrected chi connectivity index (χ2v) is 5.49. The van der Waals surface area contributed by atoms with Crippen molar-refractivity contribution < 1.29 is 9.90 Å². The Bertz CT molecular complexity index is 424. The number of carbonyl (C=O) groups is 1. The summed E-state index contributed by atoms with van der Waals surface area (Å²) in [5, 5.41) is 14.7. The number of rotatable bonds is 5. The van der Waals surface area contributed by atoms with Gasteiger partial charge in [0.1, 0.15) is 5.60 Å². The molecule has 1 amide bonds. The fraction of sp³-hybridized carbons (Fsp3) is 0.714. The van der Waals surface area contributed by atoms with E-state index in [9.17, 15) is 9.90 Å². The van der Waals surface area contributed by atoms with Gasteiger partial charge in [0, 0.05) is 38.6 Å². The first-order chi connectivity index (χ1) is 9.55. The molecule has 2 heterocycles. The van der Waals surface area contributed by atoms with Gasteiger partial charge in [-0.25, -0.2) is 0 Å². The molecule has 0 aliphatic carbocycles. The standard InChI is InChI=1S/C14H24N4O2/c1-3-17(11-12-18-8-4-7-15-18)13(19)14(20)5-9-16(2)10-6-14/h4,7-8,20H,3,5-6,9-12H2,1-2H3. The van der Waals surface area contributed by atoms with E-state index in [1.54, 1.807) is 15.8 Å². The lowest BCUT2D eigenvalue weighted by molar-refractivity contribution is -0.156. The van der Waals surface area contributed by atoms with Crippen LogP contribution >= 0.6 is 0 Å². The molecule has 1 aromatic heterocycles. The van der Waals surface area contributed by atoms with E-state index in [0.717, 1.165) is 13.1 Å². The zero-order valence-corrected chi connectivity index (χ0v) is 12.3. The number of nitrogens with zero attached hydrogens (tertiary/aromatic N) is 4. The molecule has 0 unspecified atom stereocenters. The summed E-state index contributed by atoms with van der Waals surface area (Å²) in [7, 11) is 2.01. The maximum Gasteiger partial charge on any atom is 0.254 e. The van der Waals surface area contributed by atoms with Gasteiger partial charge in [-0.3, -0.25) is 9.48 Å². The number of carbonyl (C=O) groups excluding carboxylic acids is 1. The summed E-state index contributed by atoms with van der Waals surface area (Å²) in [5.74, 6) is -0.139. The average Bonchev–Trinajstić information content (AvgIpc) is 2.96. The Balaban J connectivity index is 1.94. The lowest BCUT2D eigenvalue weighted by Gasteiger charge is -2.38. The van der Waals surface area contributed by atoms with Crippen LogP contribution in [0.4, 0.5) is 0 Å². The van der Waals surface area contributed by atoms with Gasteiger partial charge in [0.25, 0.3) is 5.91 Å². The van der Waals surface area contributed by atoms with Gasteiger partial charge in [-0.2, -0.15) is 5.10 Å². The van der Waals surface area contributed by atoms with Crippen molar-refractivity contribution in [2.75, 3.05) is 33.2 Å². The van der Waals surface area contributed by atoms with Crippen LogP contribution in [0.3, 0.4) is 0 Å². The van der Waals surface area contributed by atoms with E-state index < -0.39 is 5.60 Å². The first-order valence-corrected chi connectivity index (χ1v) is 7.23. The zero-order chi connectivity index (χ0) is 14.6. The van der Waals surface area contributed by atoms with E-state index in [0.29, 0.717) is 32.5 Å². The van der Waals surface area contributed by atoms with E-state index in [2.05, 4.69) is 10.00 Å². The minimum Gasteiger partial charge on any atom is -0.380 e. The van der Waals surface area contributed by atoms with Gasteiger partial charge >= 0.3 is 0 Å². The van der Waals surface area contributed by atoms with Crippen LogP contribution in [0.1, 0.15) is 19.8 Å². The van der Waals surface area contributed by atoms with Crippen molar-refractivity contribution in [2.45, 2.75) is 31.9 Å². The molecule has 0 saturated carbocycles. The highest BCUT2D eigenvalue weighted by Gasteiger charge is 2.40. The van der Waals surface area contributed by atoms with Crippen molar-refractivity contribution in [2.24, 2.45) is 0 Å². The third-order valence-electron chi connectivity index (χ3n) is 4.04. The highest BCUT2D eigenvalue weighted by Crippen LogP contribution is 2.23. The van der Waals surface area contributed by atoms with Gasteiger partial charge in [-0.15, -0.1) is 0 Å². The number of hydrogen-bond donors (Lipinski definition) is 1. The van der Waals surface area contributed by atoms with Gasteiger partial charge < -0.3 is 14.9 Å². The molecule has 0 radical (unpaired) electrons. The van der Waals surface area contributed by atoms with Crippen LogP contribution in [0.25, 0.3) is 0 Å². The van der Waals surface area contributed by atoms with E-state index >= 15 is 0 Å². The fourth-order valence-electron chi connectivity index (χ4n) is 2.56. The first kappa shape index (κ1) is 15.0. The summed E-state index contributed by atoms with van der Waals surface area (Å²) in [4.78, 5) is 16.4. The summed E-state index contributed by atoms with van der Waals surface area (Å²) in [5.41, 5.74) is -1.19. The van der Waals surface area contributed by atoms with E-state index in [-0.39, 0.29) is 5.91 Å². The number of piperidine rings is 1. The largest absolute Gasteiger partial charge is 0.380 e. The molecular formula is C14H24N4O2. The Hall–Kier alpha value is -1.40. The molecule has 0 spiro atoms. The van der Waals surface area contributed by atoms with E-state index in [4.69, 9.17) is 0 Å². The fourth-order valence-corrected chi connectivity index (χ4v) is 2.56. The number of hydrogen-bond acceptors (Lipinski definition) is 4. The molecule has 1 fully saturated rings. The van der Waals surface area contributed by atoms with Crippen molar-refractivity contribution in [1.29, 1.82) is 0 Å². The third-order valence-corrected chi connectivity index (χ3v) is 4.04. The van der Waals surface area contributed by atoms with E-state index in [1.807, 2.05) is 26.2 Å². The monoisotopic (exact) mass is 280 g/mol. The number of aliphatic hydroxyl groups is 1. The van der Waals surface area contributed by atoms with Gasteiger partial charge in [0.2, 0.25) is 0 Å². The van der Waals surface area contributed by atoms with Crippen molar-refractivity contribution in [1.82, 2.24) is 19.6 Å². The second-order valence-electron chi connectivity index (χ2n) is 5.49. The van der Waals surface area contributed by atoms with Crippen molar-refractivity contribution in [3.8, 4) is 0 Å². The van der Waals surface area contributed by atoms with Gasteiger partial charge in [-0.05, 0) is 32.9 Å². The van der Waals surface area contributed by atoms with Gasteiger partial charge in [-0.1, -0.05) is 0 Å². The summed E-state index contributed by atoms with van der Waals surface area (Å²) in [6.07, 6.45) is 4.63. The first-order valence-electron chi connectivity index (χ1n) is 7.23. The van der Waals surface area contributed by atoms with E-state index in [1.165, 1.54) is 0 Å². The van der Waals surface area contributed by atoms with Gasteiger partial charge in [0.15, 0.2) is 0 Å². The van der Waals surface area contributed by atoms with Crippen LogP contribution in [-0.2, 0) is 11.3 Å². The highest BCUT2D eigenvalue weighted by molar-refractivity contribution is 5.85. The Morgan fingerprint density at radius 2 is 2.15 bits per heavy atom. The van der Waals surface area contributed by atoms with Crippen LogP contribution < -0.4 is 0 Å². The number of aromatic nitrogens is 2. The van der Waals surface area contributed by atoms with Crippen molar-refractivity contribution >= 4 is 5.91 Å². The molecule has 0 bridgehead atoms. The molecule has 1 N–H and O–H groups in total. The molecule has 1 aliphatic heterocycles.